The molecule has 2 amide bonds. The first-order valence-corrected chi connectivity index (χ1v) is 8.48. The zero-order valence-corrected chi connectivity index (χ0v) is 14.3. The molecule has 2 N–H and O–H groups in total. The third-order valence-corrected chi connectivity index (χ3v) is 4.07. The van der Waals surface area contributed by atoms with Crippen LogP contribution in [0.1, 0.15) is 25.8 Å². The van der Waals surface area contributed by atoms with E-state index in [1.165, 1.54) is 12.1 Å². The van der Waals surface area contributed by atoms with E-state index >= 15 is 0 Å². The lowest BCUT2D eigenvalue weighted by Gasteiger charge is -2.35. The van der Waals surface area contributed by atoms with Gasteiger partial charge in [0, 0.05) is 26.2 Å². The fourth-order valence-electron chi connectivity index (χ4n) is 2.92. The minimum atomic E-state index is -0.396. The van der Waals surface area contributed by atoms with Crippen molar-refractivity contribution in [1.82, 2.24) is 15.5 Å². The largest absolute Gasteiger partial charge is 0.356 e. The van der Waals surface area contributed by atoms with Gasteiger partial charge < -0.3 is 10.6 Å². The molecule has 0 saturated carbocycles. The summed E-state index contributed by atoms with van der Waals surface area (Å²) in [7, 11) is 0. The molecule has 0 unspecified atom stereocenters. The molecule has 0 radical (unpaired) electrons. The molecule has 1 fully saturated rings. The van der Waals surface area contributed by atoms with Crippen LogP contribution in [0.2, 0.25) is 0 Å². The average Bonchev–Trinajstić information content (AvgIpc) is 2.52. The van der Waals surface area contributed by atoms with Gasteiger partial charge >= 0.3 is 0 Å². The number of amides is 2. The molecule has 24 heavy (non-hydrogen) atoms. The smallest absolute Gasteiger partial charge is 0.237 e. The SMILES string of the molecule is CC(C)CN1CCNC(=O)[C@H]1CC(=O)NCCc1ccc(F)cc1. The summed E-state index contributed by atoms with van der Waals surface area (Å²) in [5, 5.41) is 5.68. The summed E-state index contributed by atoms with van der Waals surface area (Å²) in [6.07, 6.45) is 0.806. The van der Waals surface area contributed by atoms with Gasteiger partial charge in [-0.3, -0.25) is 14.5 Å². The van der Waals surface area contributed by atoms with Crippen molar-refractivity contribution in [2.75, 3.05) is 26.2 Å². The second kappa shape index (κ2) is 8.78. The maximum Gasteiger partial charge on any atom is 0.237 e. The topological polar surface area (TPSA) is 61.4 Å². The highest BCUT2D eigenvalue weighted by Gasteiger charge is 2.31. The van der Waals surface area contributed by atoms with Crippen LogP contribution in [-0.4, -0.2) is 48.9 Å². The molecule has 0 spiro atoms. The number of nitrogens with one attached hydrogen (secondary N) is 2. The summed E-state index contributed by atoms with van der Waals surface area (Å²) in [6.45, 7) is 6.90. The molecule has 132 valence electrons. The predicted molar refractivity (Wildman–Crippen MR) is 90.9 cm³/mol. The first-order valence-electron chi connectivity index (χ1n) is 8.48. The minimum Gasteiger partial charge on any atom is -0.356 e. The van der Waals surface area contributed by atoms with Gasteiger partial charge in [-0.05, 0) is 30.0 Å². The van der Waals surface area contributed by atoms with E-state index in [2.05, 4.69) is 29.4 Å². The average molecular weight is 335 g/mol. The van der Waals surface area contributed by atoms with Gasteiger partial charge in [0.1, 0.15) is 5.82 Å². The van der Waals surface area contributed by atoms with Crippen molar-refractivity contribution in [2.24, 2.45) is 5.92 Å². The van der Waals surface area contributed by atoms with Crippen molar-refractivity contribution in [1.29, 1.82) is 0 Å². The summed E-state index contributed by atoms with van der Waals surface area (Å²) in [4.78, 5) is 26.3. The van der Waals surface area contributed by atoms with E-state index in [-0.39, 0.29) is 24.1 Å². The van der Waals surface area contributed by atoms with Crippen LogP contribution in [0.5, 0.6) is 0 Å². The van der Waals surface area contributed by atoms with E-state index in [1.807, 2.05) is 0 Å². The molecule has 0 aliphatic carbocycles. The summed E-state index contributed by atoms with van der Waals surface area (Å²) < 4.78 is 12.8. The van der Waals surface area contributed by atoms with Gasteiger partial charge in [-0.2, -0.15) is 0 Å². The van der Waals surface area contributed by atoms with Crippen molar-refractivity contribution in [2.45, 2.75) is 32.7 Å². The Labute approximate surface area is 142 Å². The number of piperazine rings is 1. The zero-order chi connectivity index (χ0) is 17.5. The van der Waals surface area contributed by atoms with Gasteiger partial charge in [-0.1, -0.05) is 26.0 Å². The fourth-order valence-corrected chi connectivity index (χ4v) is 2.92. The number of benzene rings is 1. The van der Waals surface area contributed by atoms with Crippen molar-refractivity contribution in [3.8, 4) is 0 Å². The molecule has 1 aromatic carbocycles. The summed E-state index contributed by atoms with van der Waals surface area (Å²) >= 11 is 0. The maximum atomic E-state index is 12.8. The van der Waals surface area contributed by atoms with Gasteiger partial charge in [-0.15, -0.1) is 0 Å². The fraction of sp³-hybridized carbons (Fsp3) is 0.556. The van der Waals surface area contributed by atoms with Crippen LogP contribution in [-0.2, 0) is 16.0 Å². The first kappa shape index (κ1) is 18.4. The second-order valence-corrected chi connectivity index (χ2v) is 6.63. The standard InChI is InChI=1S/C18H26FN3O2/c1-13(2)12-22-10-9-21-18(24)16(22)11-17(23)20-8-7-14-3-5-15(19)6-4-14/h3-6,13,16H,7-12H2,1-2H3,(H,20,23)(H,21,24)/t16-/m1/s1. The third-order valence-electron chi connectivity index (χ3n) is 4.07. The molecule has 1 aliphatic heterocycles. The Balaban J connectivity index is 1.80. The van der Waals surface area contributed by atoms with Crippen LogP contribution in [0.15, 0.2) is 24.3 Å². The maximum absolute atomic E-state index is 12.8. The van der Waals surface area contributed by atoms with E-state index in [9.17, 15) is 14.0 Å². The number of carbonyl (C=O) groups is 2. The molecular formula is C18H26FN3O2. The Morgan fingerprint density at radius 3 is 2.75 bits per heavy atom. The normalized spacial score (nSPS) is 18.5. The Morgan fingerprint density at radius 2 is 2.08 bits per heavy atom. The van der Waals surface area contributed by atoms with E-state index in [4.69, 9.17) is 0 Å². The van der Waals surface area contributed by atoms with Crippen LogP contribution in [0, 0.1) is 11.7 Å². The summed E-state index contributed by atoms with van der Waals surface area (Å²) in [5.41, 5.74) is 0.966. The van der Waals surface area contributed by atoms with Crippen molar-refractivity contribution in [3.63, 3.8) is 0 Å². The lowest BCUT2D eigenvalue weighted by Crippen LogP contribution is -2.57. The number of halogens is 1. The molecule has 0 bridgehead atoms. The monoisotopic (exact) mass is 335 g/mol. The minimum absolute atomic E-state index is 0.0735. The van der Waals surface area contributed by atoms with Crippen LogP contribution in [0.25, 0.3) is 0 Å². The van der Waals surface area contributed by atoms with E-state index in [0.717, 1.165) is 18.7 Å². The molecule has 5 nitrogen and oxygen atoms in total. The van der Waals surface area contributed by atoms with Gasteiger partial charge in [-0.25, -0.2) is 4.39 Å². The zero-order valence-electron chi connectivity index (χ0n) is 14.3. The summed E-state index contributed by atoms with van der Waals surface area (Å²) in [5.74, 6) is -0.0280. The van der Waals surface area contributed by atoms with E-state index in [1.54, 1.807) is 12.1 Å². The first-order chi connectivity index (χ1) is 11.5. The molecule has 0 aromatic heterocycles. The molecule has 1 heterocycles. The molecule has 1 saturated heterocycles. The lowest BCUT2D eigenvalue weighted by atomic mass is 10.1. The Hall–Kier alpha value is -1.95. The van der Waals surface area contributed by atoms with Crippen molar-refractivity contribution >= 4 is 11.8 Å². The number of hydrogen-bond acceptors (Lipinski definition) is 3. The predicted octanol–water partition coefficient (Wildman–Crippen LogP) is 1.33. The van der Waals surface area contributed by atoms with Crippen LogP contribution in [0.3, 0.4) is 0 Å². The highest BCUT2D eigenvalue weighted by Crippen LogP contribution is 2.11. The molecule has 1 atom stereocenters. The van der Waals surface area contributed by atoms with Gasteiger partial charge in [0.25, 0.3) is 0 Å². The quantitative estimate of drug-likeness (QED) is 0.790. The number of rotatable bonds is 7. The Bertz CT molecular complexity index is 560. The lowest BCUT2D eigenvalue weighted by molar-refractivity contribution is -0.134. The Morgan fingerprint density at radius 1 is 1.38 bits per heavy atom. The van der Waals surface area contributed by atoms with Crippen LogP contribution < -0.4 is 10.6 Å². The molecule has 2 rings (SSSR count). The van der Waals surface area contributed by atoms with Gasteiger partial charge in [0.15, 0.2) is 0 Å². The highest BCUT2D eigenvalue weighted by molar-refractivity contribution is 5.88. The van der Waals surface area contributed by atoms with E-state index in [0.29, 0.717) is 25.4 Å². The van der Waals surface area contributed by atoms with Crippen LogP contribution in [0.4, 0.5) is 4.39 Å². The van der Waals surface area contributed by atoms with Crippen molar-refractivity contribution < 1.29 is 14.0 Å². The highest BCUT2D eigenvalue weighted by atomic mass is 19.1. The third kappa shape index (κ3) is 5.60. The number of carbonyl (C=O) groups excluding carboxylic acids is 2. The number of hydrogen-bond donors (Lipinski definition) is 2. The molecular weight excluding hydrogens is 309 g/mol. The molecule has 1 aliphatic rings. The molecule has 1 aromatic rings. The second-order valence-electron chi connectivity index (χ2n) is 6.63. The van der Waals surface area contributed by atoms with Gasteiger partial charge in [0.2, 0.25) is 11.8 Å². The Kier molecular flexibility index (Phi) is 6.73. The van der Waals surface area contributed by atoms with Gasteiger partial charge in [0.05, 0.1) is 12.5 Å². The number of nitrogens with zero attached hydrogens (tertiary/aromatic N) is 1. The molecule has 6 heteroatoms. The summed E-state index contributed by atoms with van der Waals surface area (Å²) in [6, 6.07) is 5.84. The van der Waals surface area contributed by atoms with Crippen LogP contribution >= 0.6 is 0 Å². The van der Waals surface area contributed by atoms with E-state index < -0.39 is 6.04 Å². The van der Waals surface area contributed by atoms with Crippen molar-refractivity contribution in [3.05, 3.63) is 35.6 Å².